The zero-order valence-electron chi connectivity index (χ0n) is 33.3. The molecule has 6 unspecified atom stereocenters. The Morgan fingerprint density at radius 1 is 0.705 bits per heavy atom. The fraction of sp³-hybridized carbons (Fsp3) is 0.476. The van der Waals surface area contributed by atoms with E-state index in [1.807, 2.05) is 24.3 Å². The van der Waals surface area contributed by atoms with Crippen molar-refractivity contribution in [1.82, 2.24) is 10.6 Å². The summed E-state index contributed by atoms with van der Waals surface area (Å²) in [5.74, 6) is -2.93. The van der Waals surface area contributed by atoms with Crippen LogP contribution >= 0.6 is 0 Å². The zero-order valence-corrected chi connectivity index (χ0v) is 33.3. The Kier molecular flexibility index (Phi) is 20.2. The third-order valence-electron chi connectivity index (χ3n) is 9.64. The number of anilines is 1. The summed E-state index contributed by atoms with van der Waals surface area (Å²) in [6.45, 7) is -0.268. The molecule has 6 atom stereocenters. The third kappa shape index (κ3) is 15.9. The normalized spacial score (nSPS) is 17.1. The van der Waals surface area contributed by atoms with E-state index in [9.17, 15) is 48.4 Å². The van der Waals surface area contributed by atoms with Crippen molar-refractivity contribution in [2.24, 2.45) is 5.92 Å². The number of hydrogen-bond donors (Lipinski definition) is 8. The first-order valence-corrected chi connectivity index (χ1v) is 19.6. The van der Waals surface area contributed by atoms with E-state index in [0.717, 1.165) is 11.1 Å². The van der Waals surface area contributed by atoms with Crippen LogP contribution in [-0.2, 0) is 44.7 Å². The smallest absolute Gasteiger partial charge is 0.246 e. The number of ether oxygens (including phenoxy) is 4. The highest BCUT2D eigenvalue weighted by molar-refractivity contribution is 6.03. The lowest BCUT2D eigenvalue weighted by Gasteiger charge is -2.48. The lowest BCUT2D eigenvalue weighted by molar-refractivity contribution is -0.178. The van der Waals surface area contributed by atoms with Crippen LogP contribution in [0.25, 0.3) is 0 Å². The number of nitrogens with zero attached hydrogens (tertiary/aromatic N) is 1. The molecule has 19 heteroatoms. The van der Waals surface area contributed by atoms with Crippen LogP contribution < -0.4 is 15.5 Å². The van der Waals surface area contributed by atoms with Gasteiger partial charge in [0.05, 0.1) is 57.2 Å². The Balaban J connectivity index is 1.08. The number of β-lactam (4-membered cyclic amide) rings is 1. The Morgan fingerprint density at radius 3 is 1.93 bits per heavy atom. The highest BCUT2D eigenvalue weighted by atomic mass is 19.1. The van der Waals surface area contributed by atoms with Gasteiger partial charge >= 0.3 is 0 Å². The molecule has 8 N–H and O–H groups in total. The van der Waals surface area contributed by atoms with Crippen molar-refractivity contribution in [2.45, 2.75) is 62.6 Å². The van der Waals surface area contributed by atoms with Gasteiger partial charge in [-0.05, 0) is 65.9 Å². The highest BCUT2D eigenvalue weighted by Crippen LogP contribution is 2.46. The second-order valence-electron chi connectivity index (χ2n) is 14.2. The van der Waals surface area contributed by atoms with Crippen molar-refractivity contribution in [3.63, 3.8) is 0 Å². The maximum absolute atomic E-state index is 13.7. The lowest BCUT2D eigenvalue weighted by Crippen LogP contribution is -2.55. The largest absolute Gasteiger partial charge is 0.390 e. The Labute approximate surface area is 350 Å². The number of aliphatic hydroxyl groups excluding tert-OH is 5. The second kappa shape index (κ2) is 25.2. The topological polar surface area (TPSA) is 254 Å². The molecule has 0 radical (unpaired) electrons. The van der Waals surface area contributed by atoms with Crippen molar-refractivity contribution in [3.05, 3.63) is 101 Å². The Bertz CT molecular complexity index is 1840. The number of nitrogens with one attached hydrogen (secondary N) is 2. The molecule has 3 aromatic rings. The Hall–Kier alpha value is -4.80. The minimum Gasteiger partial charge on any atom is -0.390 e. The van der Waals surface area contributed by atoms with Gasteiger partial charge in [-0.15, -0.1) is 0 Å². The number of hydrogen-bond acceptors (Lipinski definition) is 14. The standard InChI is InChI=1S/C42H53F2N3O14/c43-29-6-4-27(5-7-29)34(49)13-12-33-38(47(41(33)55)31-10-8-30(44)9-11-31)28-3-1-2-26(20-28)22-46-37(52)25-61-19-18-60-24-36(51)45-14-15-58-16-17-59-23-32(48)21-35(50)39(53)40(54)42(56)57/h1-11,20,33-35,38-40,42,49-50,53-54,56-57H,12-19,21-25H2,(H,45,51)(H,46,52). The van der Waals surface area contributed by atoms with Crippen molar-refractivity contribution in [2.75, 3.05) is 64.3 Å². The number of carbonyl (C=O) groups is 4. The van der Waals surface area contributed by atoms with E-state index in [-0.39, 0.29) is 71.7 Å². The van der Waals surface area contributed by atoms with Crippen LogP contribution in [0.15, 0.2) is 72.8 Å². The van der Waals surface area contributed by atoms with E-state index >= 15 is 0 Å². The molecular formula is C42H53F2N3O14. The molecule has 0 aromatic heterocycles. The van der Waals surface area contributed by atoms with Gasteiger partial charge in [0, 0.05) is 25.2 Å². The minimum atomic E-state index is -2.28. The fourth-order valence-electron chi connectivity index (χ4n) is 6.41. The van der Waals surface area contributed by atoms with Crippen molar-refractivity contribution >= 4 is 29.2 Å². The quantitative estimate of drug-likeness (QED) is 0.0279. The van der Waals surface area contributed by atoms with Crippen LogP contribution in [0.4, 0.5) is 14.5 Å². The summed E-state index contributed by atoms with van der Waals surface area (Å²) in [6, 6.07) is 18.1. The van der Waals surface area contributed by atoms with Crippen molar-refractivity contribution < 1.29 is 77.5 Å². The van der Waals surface area contributed by atoms with E-state index in [2.05, 4.69) is 10.6 Å². The van der Waals surface area contributed by atoms with E-state index in [4.69, 9.17) is 29.2 Å². The minimum absolute atomic E-state index is 0.0172. The molecule has 3 aromatic carbocycles. The molecule has 0 saturated carbocycles. The molecule has 1 aliphatic rings. The lowest BCUT2D eigenvalue weighted by atomic mass is 9.78. The number of amides is 3. The summed E-state index contributed by atoms with van der Waals surface area (Å²) in [5, 5.41) is 62.4. The van der Waals surface area contributed by atoms with E-state index < -0.39 is 84.9 Å². The van der Waals surface area contributed by atoms with Crippen molar-refractivity contribution in [3.8, 4) is 0 Å². The molecule has 61 heavy (non-hydrogen) atoms. The van der Waals surface area contributed by atoms with Gasteiger partial charge < -0.3 is 65.1 Å². The maximum atomic E-state index is 13.7. The van der Waals surface area contributed by atoms with Crippen LogP contribution in [0.5, 0.6) is 0 Å². The van der Waals surface area contributed by atoms with E-state index in [1.165, 1.54) is 48.5 Å². The predicted octanol–water partition coefficient (Wildman–Crippen LogP) is 0.334. The average Bonchev–Trinajstić information content (AvgIpc) is 3.24. The van der Waals surface area contributed by atoms with Gasteiger partial charge in [0.15, 0.2) is 12.1 Å². The van der Waals surface area contributed by atoms with Crippen LogP contribution in [0, 0.1) is 17.6 Å². The fourth-order valence-corrected chi connectivity index (χ4v) is 6.41. The van der Waals surface area contributed by atoms with Crippen LogP contribution in [-0.4, -0.2) is 138 Å². The summed E-state index contributed by atoms with van der Waals surface area (Å²) in [5.41, 5.74) is 2.61. The molecule has 1 fully saturated rings. The molecule has 1 heterocycles. The molecule has 4 rings (SSSR count). The van der Waals surface area contributed by atoms with E-state index in [0.29, 0.717) is 17.7 Å². The highest BCUT2D eigenvalue weighted by Gasteiger charge is 2.48. The van der Waals surface area contributed by atoms with Gasteiger partial charge in [-0.2, -0.15) is 0 Å². The molecule has 334 valence electrons. The van der Waals surface area contributed by atoms with Crippen LogP contribution in [0.1, 0.15) is 48.1 Å². The first-order valence-electron chi connectivity index (χ1n) is 19.6. The van der Waals surface area contributed by atoms with Gasteiger partial charge in [-0.25, -0.2) is 8.78 Å². The summed E-state index contributed by atoms with van der Waals surface area (Å²) in [4.78, 5) is 51.3. The number of carbonyl (C=O) groups excluding carboxylic acids is 4. The Morgan fingerprint density at radius 2 is 1.30 bits per heavy atom. The zero-order chi connectivity index (χ0) is 44.3. The first kappa shape index (κ1) is 48.9. The van der Waals surface area contributed by atoms with E-state index in [1.54, 1.807) is 4.90 Å². The van der Waals surface area contributed by atoms with Gasteiger partial charge in [0.25, 0.3) is 0 Å². The molecule has 0 aliphatic carbocycles. The molecule has 17 nitrogen and oxygen atoms in total. The molecule has 1 saturated heterocycles. The summed E-state index contributed by atoms with van der Waals surface area (Å²) in [7, 11) is 0. The second-order valence-corrected chi connectivity index (χ2v) is 14.2. The molecule has 1 aliphatic heterocycles. The number of Topliss-reactive ketones (excluding diaryl/α,β-unsaturated/α-hetero) is 1. The molecule has 0 bridgehead atoms. The predicted molar refractivity (Wildman–Crippen MR) is 211 cm³/mol. The maximum Gasteiger partial charge on any atom is 0.246 e. The molecule has 3 amide bonds. The number of benzene rings is 3. The number of rotatable bonds is 28. The van der Waals surface area contributed by atoms with Crippen molar-refractivity contribution in [1.29, 1.82) is 0 Å². The van der Waals surface area contributed by atoms with Gasteiger partial charge in [-0.3, -0.25) is 19.2 Å². The number of ketones is 1. The SMILES string of the molecule is O=C(COCCOCCNC(=O)COCCOCC(=O)NCc1cccc(C2C(CCC(O)c3ccc(F)cc3)C(=O)N2c2ccc(F)cc2)c1)CC(O)C(O)C(O)C(O)O. The first-order chi connectivity index (χ1) is 29.2. The van der Waals surface area contributed by atoms with Gasteiger partial charge in [-0.1, -0.05) is 36.4 Å². The summed E-state index contributed by atoms with van der Waals surface area (Å²) in [6.07, 6.45) is -8.86. The molecule has 0 spiro atoms. The van der Waals surface area contributed by atoms with Crippen LogP contribution in [0.3, 0.4) is 0 Å². The number of halogens is 2. The van der Waals surface area contributed by atoms with Gasteiger partial charge in [0.1, 0.15) is 43.7 Å². The number of aliphatic hydroxyl groups is 6. The van der Waals surface area contributed by atoms with Gasteiger partial charge in [0.2, 0.25) is 17.7 Å². The summed E-state index contributed by atoms with van der Waals surface area (Å²) < 4.78 is 48.1. The average molecular weight is 862 g/mol. The monoisotopic (exact) mass is 861 g/mol. The van der Waals surface area contributed by atoms with Crippen LogP contribution in [0.2, 0.25) is 0 Å². The summed E-state index contributed by atoms with van der Waals surface area (Å²) >= 11 is 0. The molecular weight excluding hydrogens is 808 g/mol. The third-order valence-corrected chi connectivity index (χ3v) is 9.64.